The molecule has 8 nitrogen and oxygen atoms in total. The van der Waals surface area contributed by atoms with E-state index in [4.69, 9.17) is 18.6 Å². The predicted octanol–water partition coefficient (Wildman–Crippen LogP) is 3.48. The van der Waals surface area contributed by atoms with Crippen molar-refractivity contribution in [2.45, 2.75) is 11.8 Å². The Balaban J connectivity index is 1.89. The number of benzene rings is 2. The molecule has 0 saturated heterocycles. The van der Waals surface area contributed by atoms with E-state index in [9.17, 15) is 8.42 Å². The Kier molecular flexibility index (Phi) is 5.46. The number of hydrogen-bond donors (Lipinski definition) is 1. The zero-order chi connectivity index (χ0) is 20.3. The second-order valence-corrected chi connectivity index (χ2v) is 7.48. The lowest BCUT2D eigenvalue weighted by molar-refractivity contribution is 0.325. The quantitative estimate of drug-likeness (QED) is 0.643. The highest BCUT2D eigenvalue weighted by Crippen LogP contribution is 2.40. The Bertz CT molecular complexity index is 1050. The monoisotopic (exact) mass is 404 g/mol. The minimum Gasteiger partial charge on any atom is -0.493 e. The van der Waals surface area contributed by atoms with E-state index in [-0.39, 0.29) is 10.6 Å². The number of methoxy groups -OCH3 is 3. The number of nitrogens with one attached hydrogen (secondary N) is 1. The van der Waals surface area contributed by atoms with E-state index >= 15 is 0 Å². The van der Waals surface area contributed by atoms with Crippen LogP contribution in [0, 0.1) is 6.92 Å². The Morgan fingerprint density at radius 3 is 2.04 bits per heavy atom. The maximum absolute atomic E-state index is 12.7. The van der Waals surface area contributed by atoms with Gasteiger partial charge in [0.05, 0.1) is 31.9 Å². The molecule has 0 amide bonds. The minimum absolute atomic E-state index is 0.102. The number of hydrogen-bond acceptors (Lipinski definition) is 7. The first-order chi connectivity index (χ1) is 13.4. The SMILES string of the molecule is COc1cc(NS(=O)(=O)c2ccc(-c3coc(C)n3)cc2)cc(OC)c1OC. The molecule has 0 unspecified atom stereocenters. The van der Waals surface area contributed by atoms with Gasteiger partial charge in [-0.1, -0.05) is 12.1 Å². The number of aryl methyl sites for hydroxylation is 1. The predicted molar refractivity (Wildman–Crippen MR) is 104 cm³/mol. The van der Waals surface area contributed by atoms with Crippen molar-refractivity contribution < 1.29 is 27.0 Å². The number of ether oxygens (including phenoxy) is 3. The van der Waals surface area contributed by atoms with Crippen molar-refractivity contribution in [3.05, 3.63) is 48.6 Å². The van der Waals surface area contributed by atoms with Crippen LogP contribution in [-0.4, -0.2) is 34.7 Å². The van der Waals surface area contributed by atoms with Crippen LogP contribution in [0.1, 0.15) is 5.89 Å². The molecular weight excluding hydrogens is 384 g/mol. The molecular formula is C19H20N2O6S. The Morgan fingerprint density at radius 1 is 0.964 bits per heavy atom. The van der Waals surface area contributed by atoms with Gasteiger partial charge in [0.25, 0.3) is 10.0 Å². The van der Waals surface area contributed by atoms with Crippen LogP contribution in [0.25, 0.3) is 11.3 Å². The smallest absolute Gasteiger partial charge is 0.261 e. The van der Waals surface area contributed by atoms with Gasteiger partial charge in [-0.3, -0.25) is 4.72 Å². The average Bonchev–Trinajstić information content (AvgIpc) is 3.13. The van der Waals surface area contributed by atoms with E-state index in [1.807, 2.05) is 0 Å². The molecule has 148 valence electrons. The molecule has 3 aromatic rings. The van der Waals surface area contributed by atoms with Gasteiger partial charge in [-0.2, -0.15) is 0 Å². The Labute approximate surface area is 163 Å². The maximum Gasteiger partial charge on any atom is 0.261 e. The molecule has 0 bridgehead atoms. The summed E-state index contributed by atoms with van der Waals surface area (Å²) in [6.45, 7) is 1.74. The molecule has 0 saturated carbocycles. The summed E-state index contributed by atoms with van der Waals surface area (Å²) in [4.78, 5) is 4.33. The van der Waals surface area contributed by atoms with Gasteiger partial charge in [0.15, 0.2) is 17.4 Å². The highest BCUT2D eigenvalue weighted by Gasteiger charge is 2.19. The van der Waals surface area contributed by atoms with Gasteiger partial charge in [-0.15, -0.1) is 0 Å². The third-order valence-corrected chi connectivity index (χ3v) is 5.39. The summed E-state index contributed by atoms with van der Waals surface area (Å²) < 4.78 is 48.9. The van der Waals surface area contributed by atoms with Crippen LogP contribution in [0.5, 0.6) is 17.2 Å². The summed E-state index contributed by atoms with van der Waals surface area (Å²) in [6, 6.07) is 9.37. The molecule has 28 heavy (non-hydrogen) atoms. The van der Waals surface area contributed by atoms with Gasteiger partial charge < -0.3 is 18.6 Å². The second-order valence-electron chi connectivity index (χ2n) is 5.80. The second kappa shape index (κ2) is 7.81. The fourth-order valence-electron chi connectivity index (χ4n) is 2.65. The fourth-order valence-corrected chi connectivity index (χ4v) is 3.70. The largest absolute Gasteiger partial charge is 0.493 e. The van der Waals surface area contributed by atoms with Crippen LogP contribution < -0.4 is 18.9 Å². The van der Waals surface area contributed by atoms with Crippen LogP contribution in [-0.2, 0) is 10.0 Å². The number of sulfonamides is 1. The molecule has 0 aliphatic carbocycles. The number of anilines is 1. The summed E-state index contributed by atoms with van der Waals surface area (Å²) in [5.41, 5.74) is 1.67. The topological polar surface area (TPSA) is 99.9 Å². The number of rotatable bonds is 7. The molecule has 1 aromatic heterocycles. The molecule has 2 aromatic carbocycles. The third kappa shape index (κ3) is 3.89. The molecule has 0 spiro atoms. The van der Waals surface area contributed by atoms with Gasteiger partial charge in [0, 0.05) is 24.6 Å². The highest BCUT2D eigenvalue weighted by atomic mass is 32.2. The zero-order valence-electron chi connectivity index (χ0n) is 15.8. The molecule has 9 heteroatoms. The van der Waals surface area contributed by atoms with E-state index in [1.54, 1.807) is 19.1 Å². The van der Waals surface area contributed by atoms with Gasteiger partial charge >= 0.3 is 0 Å². The van der Waals surface area contributed by atoms with Crippen molar-refractivity contribution in [2.75, 3.05) is 26.1 Å². The van der Waals surface area contributed by atoms with Crippen molar-refractivity contribution in [3.63, 3.8) is 0 Å². The molecule has 0 fully saturated rings. The van der Waals surface area contributed by atoms with Gasteiger partial charge in [0.2, 0.25) is 5.75 Å². The van der Waals surface area contributed by atoms with Crippen LogP contribution in [0.3, 0.4) is 0 Å². The molecule has 3 rings (SSSR count). The van der Waals surface area contributed by atoms with Gasteiger partial charge in [-0.25, -0.2) is 13.4 Å². The van der Waals surface area contributed by atoms with Gasteiger partial charge in [0.1, 0.15) is 12.0 Å². The van der Waals surface area contributed by atoms with E-state index < -0.39 is 10.0 Å². The molecule has 0 aliphatic rings. The van der Waals surface area contributed by atoms with Crippen molar-refractivity contribution in [2.24, 2.45) is 0 Å². The van der Waals surface area contributed by atoms with Crippen LogP contribution in [0.2, 0.25) is 0 Å². The van der Waals surface area contributed by atoms with Crippen molar-refractivity contribution in [1.82, 2.24) is 4.98 Å². The summed E-state index contributed by atoms with van der Waals surface area (Å²) in [7, 11) is 0.568. The van der Waals surface area contributed by atoms with E-state index in [0.717, 1.165) is 5.56 Å². The highest BCUT2D eigenvalue weighted by molar-refractivity contribution is 7.92. The summed E-state index contributed by atoms with van der Waals surface area (Å²) in [6.07, 6.45) is 1.52. The summed E-state index contributed by atoms with van der Waals surface area (Å²) in [5.74, 6) is 1.60. The van der Waals surface area contributed by atoms with Crippen LogP contribution in [0.15, 0.2) is 52.0 Å². The molecule has 0 atom stereocenters. The van der Waals surface area contributed by atoms with Crippen molar-refractivity contribution >= 4 is 15.7 Å². The van der Waals surface area contributed by atoms with Crippen LogP contribution >= 0.6 is 0 Å². The first kappa shape index (κ1) is 19.6. The number of aromatic nitrogens is 1. The lowest BCUT2D eigenvalue weighted by atomic mass is 10.2. The van der Waals surface area contributed by atoms with E-state index in [0.29, 0.717) is 28.8 Å². The summed E-state index contributed by atoms with van der Waals surface area (Å²) in [5, 5.41) is 0. The van der Waals surface area contributed by atoms with Crippen molar-refractivity contribution in [3.8, 4) is 28.5 Å². The normalized spacial score (nSPS) is 11.1. The maximum atomic E-state index is 12.7. The first-order valence-corrected chi connectivity index (χ1v) is 9.71. The summed E-state index contributed by atoms with van der Waals surface area (Å²) >= 11 is 0. The Hall–Kier alpha value is -3.20. The standard InChI is InChI=1S/C19H20N2O6S/c1-12-20-16(11-27-12)13-5-7-15(8-6-13)28(22,23)21-14-9-17(24-2)19(26-4)18(10-14)25-3/h5-11,21H,1-4H3. The van der Waals surface area contributed by atoms with Crippen LogP contribution in [0.4, 0.5) is 5.69 Å². The lowest BCUT2D eigenvalue weighted by Crippen LogP contribution is -2.13. The van der Waals surface area contributed by atoms with E-state index in [1.165, 1.54) is 51.9 Å². The molecule has 1 heterocycles. The first-order valence-electron chi connectivity index (χ1n) is 8.23. The number of nitrogens with zero attached hydrogens (tertiary/aromatic N) is 1. The average molecular weight is 404 g/mol. The molecule has 1 N–H and O–H groups in total. The van der Waals surface area contributed by atoms with E-state index in [2.05, 4.69) is 9.71 Å². The fraction of sp³-hybridized carbons (Fsp3) is 0.211. The van der Waals surface area contributed by atoms with Crippen molar-refractivity contribution in [1.29, 1.82) is 0 Å². The zero-order valence-corrected chi connectivity index (χ0v) is 16.7. The molecule has 0 radical (unpaired) electrons. The lowest BCUT2D eigenvalue weighted by Gasteiger charge is -2.15. The third-order valence-electron chi connectivity index (χ3n) is 4.00. The molecule has 0 aliphatic heterocycles. The number of oxazole rings is 1. The minimum atomic E-state index is -3.82. The van der Waals surface area contributed by atoms with Gasteiger partial charge in [-0.05, 0) is 12.1 Å². The Morgan fingerprint density at radius 2 is 1.57 bits per heavy atom.